The second kappa shape index (κ2) is 6.33. The van der Waals surface area contributed by atoms with Gasteiger partial charge >= 0.3 is 10.4 Å². The fraction of sp³-hybridized carbons (Fsp3) is 0.833. The topological polar surface area (TPSA) is 131 Å². The lowest BCUT2D eigenvalue weighted by Crippen LogP contribution is -2.52. The molecule has 1 saturated heterocycles. The Morgan fingerprint density at radius 3 is 2.50 bits per heavy atom. The van der Waals surface area contributed by atoms with Gasteiger partial charge < -0.3 is 11.1 Å². The van der Waals surface area contributed by atoms with Crippen LogP contribution < -0.4 is 16.5 Å². The average Bonchev–Trinajstić information content (AvgIpc) is 2.14. The van der Waals surface area contributed by atoms with E-state index in [-0.39, 0.29) is 18.4 Å². The van der Waals surface area contributed by atoms with Gasteiger partial charge in [-0.3, -0.25) is 9.35 Å². The first-order chi connectivity index (χ1) is 6.88. The van der Waals surface area contributed by atoms with E-state index in [1.165, 1.54) is 0 Å². The van der Waals surface area contributed by atoms with Crippen molar-refractivity contribution >= 4 is 28.7 Å². The zero-order valence-electron chi connectivity index (χ0n) is 8.25. The van der Waals surface area contributed by atoms with E-state index in [1.54, 1.807) is 0 Å². The normalized spacial score (nSPS) is 25.8. The minimum Gasteiger partial charge on any atom is -0.368 e. The Kier molecular flexibility index (Phi) is 6.15. The lowest BCUT2D eigenvalue weighted by molar-refractivity contribution is -0.120. The van der Waals surface area contributed by atoms with Crippen molar-refractivity contribution in [3.63, 3.8) is 0 Å². The Morgan fingerprint density at radius 1 is 1.50 bits per heavy atom. The number of amides is 1. The van der Waals surface area contributed by atoms with Crippen LogP contribution in [0.2, 0.25) is 0 Å². The number of nitrogens with two attached hydrogens (primary N) is 1. The van der Waals surface area contributed by atoms with Crippen LogP contribution in [-0.2, 0) is 19.5 Å². The fourth-order valence-corrected chi connectivity index (χ4v) is 1.59. The molecular weight excluding hydrogens is 262 g/mol. The molecule has 0 unspecified atom stereocenters. The van der Waals surface area contributed by atoms with Crippen molar-refractivity contribution in [2.45, 2.75) is 24.9 Å². The SMILES string of the molecule is Cl.NC(=O)[C@@H]1CC[C@@H](NOS(=O)(=O)O)CN1. The highest BCUT2D eigenvalue weighted by Crippen LogP contribution is 2.07. The maximum atomic E-state index is 10.8. The van der Waals surface area contributed by atoms with Crippen LogP contribution in [0.1, 0.15) is 12.8 Å². The standard InChI is InChI=1S/C6H13N3O5S.ClH/c7-6(10)5-2-1-4(3-8-5)9-14-15(11,12)13;/h4-5,8-9H,1-3H2,(H2,7,10)(H,11,12,13);1H/t4-,5+;/m1./s1. The van der Waals surface area contributed by atoms with Gasteiger partial charge in [-0.15, -0.1) is 12.4 Å². The highest BCUT2D eigenvalue weighted by molar-refractivity contribution is 7.80. The van der Waals surface area contributed by atoms with Crippen molar-refractivity contribution in [2.75, 3.05) is 6.54 Å². The number of primary amides is 1. The molecule has 1 fully saturated rings. The molecule has 1 aliphatic rings. The molecule has 0 aliphatic carbocycles. The maximum absolute atomic E-state index is 10.8. The Morgan fingerprint density at radius 2 is 2.12 bits per heavy atom. The van der Waals surface area contributed by atoms with Crippen LogP contribution in [0, 0.1) is 0 Å². The third-order valence-electron chi connectivity index (χ3n) is 2.08. The first-order valence-corrected chi connectivity index (χ1v) is 5.69. The van der Waals surface area contributed by atoms with Crippen molar-refractivity contribution in [3.05, 3.63) is 0 Å². The molecule has 0 aromatic carbocycles. The van der Waals surface area contributed by atoms with Gasteiger partial charge in [0.15, 0.2) is 0 Å². The molecule has 1 amide bonds. The Bertz CT molecular complexity index is 327. The molecule has 10 heteroatoms. The van der Waals surface area contributed by atoms with Gasteiger partial charge in [-0.2, -0.15) is 18.2 Å². The number of hydrogen-bond acceptors (Lipinski definition) is 6. The zero-order valence-corrected chi connectivity index (χ0v) is 9.88. The van der Waals surface area contributed by atoms with Gasteiger partial charge in [0.05, 0.1) is 6.04 Å². The fourth-order valence-electron chi connectivity index (χ4n) is 1.33. The number of hydrogen-bond donors (Lipinski definition) is 4. The van der Waals surface area contributed by atoms with Crippen LogP contribution in [0.3, 0.4) is 0 Å². The van der Waals surface area contributed by atoms with Gasteiger partial charge in [0.25, 0.3) is 0 Å². The minimum atomic E-state index is -4.48. The molecule has 0 saturated carbocycles. The number of carbonyl (C=O) groups is 1. The summed E-state index contributed by atoms with van der Waals surface area (Å²) in [4.78, 5) is 10.8. The third kappa shape index (κ3) is 5.58. The summed E-state index contributed by atoms with van der Waals surface area (Å²) < 4.78 is 32.7. The lowest BCUT2D eigenvalue weighted by Gasteiger charge is -2.27. The van der Waals surface area contributed by atoms with Crippen molar-refractivity contribution in [2.24, 2.45) is 5.73 Å². The van der Waals surface area contributed by atoms with E-state index in [0.717, 1.165) is 0 Å². The van der Waals surface area contributed by atoms with E-state index in [4.69, 9.17) is 10.3 Å². The monoisotopic (exact) mass is 275 g/mol. The van der Waals surface area contributed by atoms with E-state index in [0.29, 0.717) is 19.4 Å². The molecule has 0 radical (unpaired) electrons. The predicted octanol–water partition coefficient (Wildman–Crippen LogP) is -1.66. The smallest absolute Gasteiger partial charge is 0.368 e. The van der Waals surface area contributed by atoms with E-state index in [9.17, 15) is 13.2 Å². The van der Waals surface area contributed by atoms with E-state index < -0.39 is 22.3 Å². The predicted molar refractivity (Wildman–Crippen MR) is 57.0 cm³/mol. The van der Waals surface area contributed by atoms with Gasteiger partial charge in [0.2, 0.25) is 5.91 Å². The lowest BCUT2D eigenvalue weighted by atomic mass is 10.0. The number of piperidine rings is 1. The Balaban J connectivity index is 0.00000225. The highest BCUT2D eigenvalue weighted by Gasteiger charge is 2.24. The van der Waals surface area contributed by atoms with Crippen molar-refractivity contribution in [1.82, 2.24) is 10.8 Å². The molecule has 0 aromatic rings. The number of halogens is 1. The molecule has 16 heavy (non-hydrogen) atoms. The Hall–Kier alpha value is -0.450. The van der Waals surface area contributed by atoms with Crippen molar-refractivity contribution in [1.29, 1.82) is 0 Å². The van der Waals surface area contributed by atoms with Crippen LogP contribution in [-0.4, -0.2) is 37.5 Å². The molecule has 1 aliphatic heterocycles. The Labute approximate surface area is 99.2 Å². The molecule has 1 heterocycles. The molecule has 0 bridgehead atoms. The highest BCUT2D eigenvalue weighted by atomic mass is 35.5. The van der Waals surface area contributed by atoms with Crippen molar-refractivity contribution < 1.29 is 22.0 Å². The molecule has 2 atom stereocenters. The van der Waals surface area contributed by atoms with Gasteiger partial charge in [0.1, 0.15) is 0 Å². The average molecular weight is 276 g/mol. The summed E-state index contributed by atoms with van der Waals surface area (Å²) in [7, 11) is -4.48. The van der Waals surface area contributed by atoms with E-state index in [2.05, 4.69) is 15.1 Å². The summed E-state index contributed by atoms with van der Waals surface area (Å²) in [6, 6.07) is -0.684. The minimum absolute atomic E-state index is 0. The van der Waals surface area contributed by atoms with Crippen LogP contribution in [0.25, 0.3) is 0 Å². The molecule has 8 nitrogen and oxygen atoms in total. The van der Waals surface area contributed by atoms with Gasteiger partial charge in [-0.25, -0.2) is 0 Å². The number of rotatable bonds is 4. The van der Waals surface area contributed by atoms with Crippen LogP contribution >= 0.6 is 12.4 Å². The van der Waals surface area contributed by atoms with Gasteiger partial charge in [0, 0.05) is 12.6 Å². The van der Waals surface area contributed by atoms with E-state index >= 15 is 0 Å². The van der Waals surface area contributed by atoms with Gasteiger partial charge in [-0.05, 0) is 12.8 Å². The first-order valence-electron chi connectivity index (χ1n) is 4.32. The van der Waals surface area contributed by atoms with Crippen LogP contribution in [0.4, 0.5) is 0 Å². The van der Waals surface area contributed by atoms with Gasteiger partial charge in [-0.1, -0.05) is 0 Å². The molecule has 5 N–H and O–H groups in total. The maximum Gasteiger partial charge on any atom is 0.413 e. The second-order valence-electron chi connectivity index (χ2n) is 3.27. The van der Waals surface area contributed by atoms with Crippen LogP contribution in [0.5, 0.6) is 0 Å². The van der Waals surface area contributed by atoms with E-state index in [1.807, 2.05) is 0 Å². The summed E-state index contributed by atoms with van der Waals surface area (Å²) >= 11 is 0. The third-order valence-corrected chi connectivity index (χ3v) is 2.38. The quantitative estimate of drug-likeness (QED) is 0.357. The second-order valence-corrected chi connectivity index (χ2v) is 4.29. The summed E-state index contributed by atoms with van der Waals surface area (Å²) in [5.74, 6) is -0.441. The molecule has 1 rings (SSSR count). The summed E-state index contributed by atoms with van der Waals surface area (Å²) in [5.41, 5.74) is 7.24. The number of nitrogens with one attached hydrogen (secondary N) is 2. The summed E-state index contributed by atoms with van der Waals surface area (Å²) in [5, 5.41) is 2.81. The molecule has 0 aromatic heterocycles. The number of hydroxylamine groups is 1. The largest absolute Gasteiger partial charge is 0.413 e. The molecular formula is C6H14ClN3O5S. The molecule has 96 valence electrons. The zero-order chi connectivity index (χ0) is 11.5. The summed E-state index contributed by atoms with van der Waals surface area (Å²) in [6.07, 6.45) is 1.01. The number of carbonyl (C=O) groups excluding carboxylic acids is 1. The first kappa shape index (κ1) is 15.6. The summed E-state index contributed by atoms with van der Waals surface area (Å²) in [6.45, 7) is 0.336. The van der Waals surface area contributed by atoms with Crippen molar-refractivity contribution in [3.8, 4) is 0 Å². The molecule has 0 spiro atoms. The van der Waals surface area contributed by atoms with Crippen LogP contribution in [0.15, 0.2) is 0 Å².